The van der Waals surface area contributed by atoms with Crippen molar-refractivity contribution in [2.24, 2.45) is 0 Å². The zero-order chi connectivity index (χ0) is 20.3. The van der Waals surface area contributed by atoms with E-state index in [-0.39, 0.29) is 23.0 Å². The van der Waals surface area contributed by atoms with Crippen molar-refractivity contribution >= 4 is 22.8 Å². The molecule has 0 radical (unpaired) electrons. The van der Waals surface area contributed by atoms with Gasteiger partial charge in [-0.15, -0.1) is 0 Å². The Bertz CT molecular complexity index is 1140. The summed E-state index contributed by atoms with van der Waals surface area (Å²) >= 11 is 0. The van der Waals surface area contributed by atoms with Crippen LogP contribution in [0, 0.1) is 6.92 Å². The molecule has 1 atom stereocenters. The molecule has 2 aromatic heterocycles. The van der Waals surface area contributed by atoms with Gasteiger partial charge in [0.05, 0.1) is 7.11 Å². The van der Waals surface area contributed by atoms with Crippen LogP contribution in [-0.2, 0) is 16.0 Å². The standard InChI is InChI=1S/C20H17NO7/c1-11-8-16-14(19(24)27-11)9-13(18(23)28-16)10-15(20(25)26-2)21-17(22)12-6-4-3-5-7-12/h3-9,15H,10H2,1-2H3,(H,21,22)/t15-/m0/s1. The van der Waals surface area contributed by atoms with Gasteiger partial charge in [-0.3, -0.25) is 4.79 Å². The van der Waals surface area contributed by atoms with E-state index in [0.717, 1.165) is 0 Å². The first-order chi connectivity index (χ1) is 13.4. The van der Waals surface area contributed by atoms with Crippen LogP contribution in [0.25, 0.3) is 11.0 Å². The maximum absolute atomic E-state index is 12.4. The maximum atomic E-state index is 12.4. The molecule has 0 saturated carbocycles. The molecule has 0 aliphatic rings. The second-order valence-corrected chi connectivity index (χ2v) is 6.10. The fourth-order valence-electron chi connectivity index (χ4n) is 2.74. The van der Waals surface area contributed by atoms with Crippen molar-refractivity contribution in [2.75, 3.05) is 7.11 Å². The Labute approximate surface area is 158 Å². The van der Waals surface area contributed by atoms with E-state index < -0.39 is 29.2 Å². The molecule has 1 aromatic carbocycles. The number of esters is 1. The van der Waals surface area contributed by atoms with E-state index in [4.69, 9.17) is 13.6 Å². The summed E-state index contributed by atoms with van der Waals surface area (Å²) in [4.78, 5) is 48.8. The second-order valence-electron chi connectivity index (χ2n) is 6.10. The minimum Gasteiger partial charge on any atom is -0.467 e. The van der Waals surface area contributed by atoms with E-state index in [9.17, 15) is 19.2 Å². The summed E-state index contributed by atoms with van der Waals surface area (Å²) in [7, 11) is 1.17. The lowest BCUT2D eigenvalue weighted by molar-refractivity contribution is -0.142. The van der Waals surface area contributed by atoms with Gasteiger partial charge in [0.1, 0.15) is 22.8 Å². The molecule has 1 amide bonds. The predicted molar refractivity (Wildman–Crippen MR) is 99.2 cm³/mol. The highest BCUT2D eigenvalue weighted by molar-refractivity contribution is 5.96. The highest BCUT2D eigenvalue weighted by Crippen LogP contribution is 2.13. The summed E-state index contributed by atoms with van der Waals surface area (Å²) in [5.41, 5.74) is -0.917. The summed E-state index contributed by atoms with van der Waals surface area (Å²) in [5.74, 6) is -0.938. The minimum absolute atomic E-state index is 0.0346. The number of carbonyl (C=O) groups is 2. The molecule has 8 heteroatoms. The van der Waals surface area contributed by atoms with Crippen molar-refractivity contribution in [3.8, 4) is 0 Å². The third-order valence-corrected chi connectivity index (χ3v) is 4.11. The fourth-order valence-corrected chi connectivity index (χ4v) is 2.74. The summed E-state index contributed by atoms with van der Waals surface area (Å²) in [6, 6.07) is 9.87. The van der Waals surface area contributed by atoms with E-state index in [1.54, 1.807) is 37.3 Å². The summed E-state index contributed by atoms with van der Waals surface area (Å²) in [6.45, 7) is 1.56. The summed E-state index contributed by atoms with van der Waals surface area (Å²) in [6.07, 6.45) is -0.211. The largest absolute Gasteiger partial charge is 0.467 e. The van der Waals surface area contributed by atoms with E-state index in [0.29, 0.717) is 11.3 Å². The topological polar surface area (TPSA) is 116 Å². The van der Waals surface area contributed by atoms with Crippen LogP contribution in [0.4, 0.5) is 0 Å². The third-order valence-electron chi connectivity index (χ3n) is 4.11. The Balaban J connectivity index is 1.94. The number of fused-ring (bicyclic) bond motifs is 1. The number of methoxy groups -OCH3 is 1. The molecule has 0 aliphatic carbocycles. The Morgan fingerprint density at radius 3 is 2.46 bits per heavy atom. The number of nitrogens with one attached hydrogen (secondary N) is 1. The number of benzene rings is 1. The van der Waals surface area contributed by atoms with Gasteiger partial charge < -0.3 is 18.9 Å². The molecule has 144 valence electrons. The Morgan fingerprint density at radius 2 is 1.79 bits per heavy atom. The van der Waals surface area contributed by atoms with Gasteiger partial charge in [-0.2, -0.15) is 0 Å². The number of aryl methyl sites for hydroxylation is 1. The van der Waals surface area contributed by atoms with Crippen LogP contribution in [0.3, 0.4) is 0 Å². The zero-order valence-corrected chi connectivity index (χ0v) is 15.2. The minimum atomic E-state index is -1.14. The van der Waals surface area contributed by atoms with E-state index in [1.807, 2.05) is 0 Å². The lowest BCUT2D eigenvalue weighted by Crippen LogP contribution is -2.43. The Hall–Kier alpha value is -3.68. The first kappa shape index (κ1) is 19.1. The third kappa shape index (κ3) is 4.01. The number of carbonyl (C=O) groups excluding carboxylic acids is 2. The first-order valence-corrected chi connectivity index (χ1v) is 8.40. The van der Waals surface area contributed by atoms with Gasteiger partial charge in [0, 0.05) is 23.6 Å². The van der Waals surface area contributed by atoms with Crippen LogP contribution in [-0.4, -0.2) is 25.0 Å². The average Bonchev–Trinajstić information content (AvgIpc) is 2.68. The number of hydrogen-bond acceptors (Lipinski definition) is 7. The number of ether oxygens (including phenoxy) is 1. The van der Waals surface area contributed by atoms with Crippen LogP contribution in [0.15, 0.2) is 60.9 Å². The van der Waals surface area contributed by atoms with Gasteiger partial charge >= 0.3 is 17.2 Å². The monoisotopic (exact) mass is 383 g/mol. The highest BCUT2D eigenvalue weighted by Gasteiger charge is 2.25. The second kappa shape index (κ2) is 7.91. The van der Waals surface area contributed by atoms with Crippen molar-refractivity contribution in [3.05, 3.63) is 80.2 Å². The zero-order valence-electron chi connectivity index (χ0n) is 15.2. The Kier molecular flexibility index (Phi) is 5.39. The molecule has 3 rings (SSSR count). The van der Waals surface area contributed by atoms with Crippen molar-refractivity contribution in [3.63, 3.8) is 0 Å². The van der Waals surface area contributed by atoms with Gasteiger partial charge in [-0.25, -0.2) is 14.4 Å². The van der Waals surface area contributed by atoms with Crippen LogP contribution >= 0.6 is 0 Å². The first-order valence-electron chi connectivity index (χ1n) is 8.40. The van der Waals surface area contributed by atoms with E-state index in [1.165, 1.54) is 19.2 Å². The van der Waals surface area contributed by atoms with Gasteiger partial charge in [0.2, 0.25) is 0 Å². The fraction of sp³-hybridized carbons (Fsp3) is 0.200. The van der Waals surface area contributed by atoms with Crippen LogP contribution in [0.2, 0.25) is 0 Å². The smallest absolute Gasteiger partial charge is 0.347 e. The molecule has 2 heterocycles. The van der Waals surface area contributed by atoms with E-state index >= 15 is 0 Å². The Morgan fingerprint density at radius 1 is 1.07 bits per heavy atom. The van der Waals surface area contributed by atoms with Gasteiger partial charge in [-0.1, -0.05) is 18.2 Å². The molecule has 0 spiro atoms. The average molecular weight is 383 g/mol. The van der Waals surface area contributed by atoms with Gasteiger partial charge in [0.25, 0.3) is 5.91 Å². The molecule has 0 fully saturated rings. The van der Waals surface area contributed by atoms with Crippen LogP contribution in [0.1, 0.15) is 21.7 Å². The van der Waals surface area contributed by atoms with Gasteiger partial charge in [0.15, 0.2) is 0 Å². The molecular formula is C20H17NO7. The molecule has 8 nitrogen and oxygen atoms in total. The van der Waals surface area contributed by atoms with Crippen molar-refractivity contribution in [1.29, 1.82) is 0 Å². The summed E-state index contributed by atoms with van der Waals surface area (Å²) < 4.78 is 14.9. The molecule has 1 N–H and O–H groups in total. The summed E-state index contributed by atoms with van der Waals surface area (Å²) in [5, 5.41) is 2.60. The van der Waals surface area contributed by atoms with Crippen LogP contribution < -0.4 is 16.6 Å². The van der Waals surface area contributed by atoms with Crippen molar-refractivity contribution in [2.45, 2.75) is 19.4 Å². The highest BCUT2D eigenvalue weighted by atomic mass is 16.5. The lowest BCUT2D eigenvalue weighted by Gasteiger charge is -2.16. The quantitative estimate of drug-likeness (QED) is 0.665. The maximum Gasteiger partial charge on any atom is 0.347 e. The molecule has 0 unspecified atom stereocenters. The predicted octanol–water partition coefficient (Wildman–Crippen LogP) is 1.57. The SMILES string of the molecule is COC(=O)[C@H](Cc1cc2c(=O)oc(C)cc2oc1=O)NC(=O)c1ccccc1. The van der Waals surface area contributed by atoms with Crippen molar-refractivity contribution < 1.29 is 23.2 Å². The van der Waals surface area contributed by atoms with Gasteiger partial charge in [-0.05, 0) is 25.1 Å². The number of rotatable bonds is 5. The number of amides is 1. The van der Waals surface area contributed by atoms with Crippen LogP contribution in [0.5, 0.6) is 0 Å². The molecule has 3 aromatic rings. The molecule has 0 bridgehead atoms. The molecule has 0 aliphatic heterocycles. The lowest BCUT2D eigenvalue weighted by atomic mass is 10.1. The molecule has 28 heavy (non-hydrogen) atoms. The molecular weight excluding hydrogens is 366 g/mol. The number of hydrogen-bond donors (Lipinski definition) is 1. The normalized spacial score (nSPS) is 11.8. The molecule has 0 saturated heterocycles. The van der Waals surface area contributed by atoms with E-state index in [2.05, 4.69) is 5.32 Å². The van der Waals surface area contributed by atoms with Crippen molar-refractivity contribution in [1.82, 2.24) is 5.32 Å².